The molecule has 0 spiro atoms. The average Bonchev–Trinajstić information content (AvgIpc) is 2.55. The van der Waals surface area contributed by atoms with E-state index in [2.05, 4.69) is 12.0 Å². The highest BCUT2D eigenvalue weighted by atomic mass is 16.5. The molecule has 0 bridgehead atoms. The van der Waals surface area contributed by atoms with Gasteiger partial charge in [0.2, 0.25) is 0 Å². The maximum absolute atomic E-state index is 5.71. The predicted octanol–water partition coefficient (Wildman–Crippen LogP) is 1.08. The Bertz CT molecular complexity index is 340. The van der Waals surface area contributed by atoms with E-state index < -0.39 is 0 Å². The van der Waals surface area contributed by atoms with Crippen molar-refractivity contribution in [3.8, 4) is 0 Å². The maximum Gasteiger partial charge on any atom is 0.0689 e. The smallest absolute Gasteiger partial charge is 0.0689 e. The monoisotopic (exact) mass is 209 g/mol. The lowest BCUT2D eigenvalue weighted by molar-refractivity contribution is 0.0843. The maximum atomic E-state index is 5.71. The van der Waals surface area contributed by atoms with Crippen molar-refractivity contribution in [2.24, 2.45) is 12.8 Å². The number of aryl methyl sites for hydroxylation is 1. The molecule has 2 N–H and O–H groups in total. The Morgan fingerprint density at radius 3 is 2.67 bits per heavy atom. The molecule has 1 fully saturated rings. The molecule has 0 saturated carbocycles. The largest absolute Gasteiger partial charge is 0.381 e. The van der Waals surface area contributed by atoms with Gasteiger partial charge in [0.15, 0.2) is 0 Å². The number of hydrogen-bond donors (Lipinski definition) is 1. The zero-order chi connectivity index (χ0) is 10.8. The van der Waals surface area contributed by atoms with Crippen molar-refractivity contribution in [1.29, 1.82) is 0 Å². The van der Waals surface area contributed by atoms with E-state index in [-0.39, 0.29) is 0 Å². The molecule has 1 aromatic heterocycles. The second-order valence-electron chi connectivity index (χ2n) is 4.17. The van der Waals surface area contributed by atoms with Crippen molar-refractivity contribution < 1.29 is 4.74 Å². The van der Waals surface area contributed by atoms with Crippen LogP contribution in [0.5, 0.6) is 0 Å². The molecule has 2 rings (SSSR count). The summed E-state index contributed by atoms with van der Waals surface area (Å²) in [5.41, 5.74) is 9.35. The Morgan fingerprint density at radius 2 is 2.13 bits per heavy atom. The summed E-state index contributed by atoms with van der Waals surface area (Å²) in [6.07, 6.45) is 2.17. The molecule has 0 unspecified atom stereocenters. The fraction of sp³-hybridized carbons (Fsp3) is 0.727. The summed E-state index contributed by atoms with van der Waals surface area (Å²) < 4.78 is 7.28. The molecule has 1 aliphatic heterocycles. The molecule has 15 heavy (non-hydrogen) atoms. The Kier molecular flexibility index (Phi) is 3.07. The summed E-state index contributed by atoms with van der Waals surface area (Å²) in [5.74, 6) is 0.560. The third kappa shape index (κ3) is 1.92. The lowest BCUT2D eigenvalue weighted by Crippen LogP contribution is -2.15. The van der Waals surface area contributed by atoms with Gasteiger partial charge in [-0.2, -0.15) is 5.10 Å². The van der Waals surface area contributed by atoms with E-state index in [1.54, 1.807) is 0 Å². The van der Waals surface area contributed by atoms with E-state index in [0.29, 0.717) is 12.5 Å². The van der Waals surface area contributed by atoms with Crippen molar-refractivity contribution >= 4 is 0 Å². The Balaban J connectivity index is 2.27. The zero-order valence-corrected chi connectivity index (χ0v) is 9.49. The quantitative estimate of drug-likeness (QED) is 0.793. The molecular formula is C11H19N3O. The van der Waals surface area contributed by atoms with E-state index in [0.717, 1.165) is 31.7 Å². The van der Waals surface area contributed by atoms with Crippen molar-refractivity contribution in [2.45, 2.75) is 32.2 Å². The number of nitrogens with zero attached hydrogens (tertiary/aromatic N) is 2. The van der Waals surface area contributed by atoms with Crippen LogP contribution in [0.1, 0.15) is 35.7 Å². The molecule has 1 aromatic rings. The van der Waals surface area contributed by atoms with Gasteiger partial charge in [-0.15, -0.1) is 0 Å². The van der Waals surface area contributed by atoms with Crippen molar-refractivity contribution in [3.63, 3.8) is 0 Å². The molecule has 0 aliphatic carbocycles. The third-order valence-corrected chi connectivity index (χ3v) is 3.27. The van der Waals surface area contributed by atoms with Gasteiger partial charge >= 0.3 is 0 Å². The number of nitrogens with two attached hydrogens (primary N) is 1. The predicted molar refractivity (Wildman–Crippen MR) is 58.6 cm³/mol. The molecule has 0 radical (unpaired) electrons. The Morgan fingerprint density at radius 1 is 1.47 bits per heavy atom. The number of hydrogen-bond acceptors (Lipinski definition) is 3. The highest BCUT2D eigenvalue weighted by Crippen LogP contribution is 2.29. The molecule has 4 heteroatoms. The Hall–Kier alpha value is -0.870. The van der Waals surface area contributed by atoms with Gasteiger partial charge in [0, 0.05) is 32.7 Å². The summed E-state index contributed by atoms with van der Waals surface area (Å²) in [6, 6.07) is 0. The van der Waals surface area contributed by atoms with Crippen molar-refractivity contribution in [2.75, 3.05) is 13.2 Å². The molecule has 1 aliphatic rings. The first-order valence-corrected chi connectivity index (χ1v) is 5.54. The van der Waals surface area contributed by atoms with Crippen LogP contribution in [0.25, 0.3) is 0 Å². The van der Waals surface area contributed by atoms with Gasteiger partial charge in [0.05, 0.1) is 11.4 Å². The van der Waals surface area contributed by atoms with Crippen LogP contribution in [-0.4, -0.2) is 23.0 Å². The van der Waals surface area contributed by atoms with Crippen LogP contribution in [0.15, 0.2) is 0 Å². The van der Waals surface area contributed by atoms with Gasteiger partial charge in [0.1, 0.15) is 0 Å². The van der Waals surface area contributed by atoms with E-state index in [1.807, 2.05) is 11.7 Å². The first-order chi connectivity index (χ1) is 7.24. The van der Waals surface area contributed by atoms with Crippen molar-refractivity contribution in [1.82, 2.24) is 9.78 Å². The highest BCUT2D eigenvalue weighted by Gasteiger charge is 2.22. The number of rotatable bonds is 2. The Labute approximate surface area is 90.4 Å². The van der Waals surface area contributed by atoms with Crippen LogP contribution in [0.3, 0.4) is 0 Å². The topological polar surface area (TPSA) is 53.1 Å². The molecule has 2 heterocycles. The lowest BCUT2D eigenvalue weighted by atomic mass is 9.93. The summed E-state index contributed by atoms with van der Waals surface area (Å²) >= 11 is 0. The molecule has 0 aromatic carbocycles. The van der Waals surface area contributed by atoms with E-state index >= 15 is 0 Å². The lowest BCUT2D eigenvalue weighted by Gasteiger charge is -2.20. The SMILES string of the molecule is Cc1c(C2CCOCC2)nn(C)c1CN. The summed E-state index contributed by atoms with van der Waals surface area (Å²) in [7, 11) is 1.97. The van der Waals surface area contributed by atoms with Crippen LogP contribution < -0.4 is 5.73 Å². The van der Waals surface area contributed by atoms with Crippen LogP contribution in [0.2, 0.25) is 0 Å². The van der Waals surface area contributed by atoms with Gasteiger partial charge in [-0.05, 0) is 25.3 Å². The third-order valence-electron chi connectivity index (χ3n) is 3.27. The minimum atomic E-state index is 0.560. The van der Waals surface area contributed by atoms with Gasteiger partial charge in [-0.25, -0.2) is 0 Å². The fourth-order valence-electron chi connectivity index (χ4n) is 2.33. The second kappa shape index (κ2) is 4.33. The molecule has 1 saturated heterocycles. The normalized spacial score (nSPS) is 18.3. The van der Waals surface area contributed by atoms with Crippen LogP contribution >= 0.6 is 0 Å². The van der Waals surface area contributed by atoms with E-state index in [1.165, 1.54) is 11.3 Å². The van der Waals surface area contributed by atoms with Crippen LogP contribution in [-0.2, 0) is 18.3 Å². The minimum Gasteiger partial charge on any atom is -0.381 e. The van der Waals surface area contributed by atoms with E-state index in [4.69, 9.17) is 10.5 Å². The number of ether oxygens (including phenoxy) is 1. The zero-order valence-electron chi connectivity index (χ0n) is 9.49. The van der Waals surface area contributed by atoms with Gasteiger partial charge in [-0.3, -0.25) is 4.68 Å². The first kappa shape index (κ1) is 10.6. The highest BCUT2D eigenvalue weighted by molar-refractivity contribution is 5.27. The molecule has 0 atom stereocenters. The fourth-order valence-corrected chi connectivity index (χ4v) is 2.33. The summed E-state index contributed by atoms with van der Waals surface area (Å²) in [6.45, 7) is 4.41. The summed E-state index contributed by atoms with van der Waals surface area (Å²) in [4.78, 5) is 0. The van der Waals surface area contributed by atoms with Gasteiger partial charge in [-0.1, -0.05) is 0 Å². The summed E-state index contributed by atoms with van der Waals surface area (Å²) in [5, 5.41) is 4.59. The average molecular weight is 209 g/mol. The first-order valence-electron chi connectivity index (χ1n) is 5.54. The van der Waals surface area contributed by atoms with Crippen LogP contribution in [0, 0.1) is 6.92 Å². The number of aromatic nitrogens is 2. The second-order valence-corrected chi connectivity index (χ2v) is 4.17. The molecule has 84 valence electrons. The standard InChI is InChI=1S/C11H19N3O/c1-8-10(7-12)14(2)13-11(8)9-3-5-15-6-4-9/h9H,3-7,12H2,1-2H3. The molecule has 4 nitrogen and oxygen atoms in total. The minimum absolute atomic E-state index is 0.560. The molecule has 0 amide bonds. The van der Waals surface area contributed by atoms with Crippen LogP contribution in [0.4, 0.5) is 0 Å². The van der Waals surface area contributed by atoms with Gasteiger partial charge in [0.25, 0.3) is 0 Å². The van der Waals surface area contributed by atoms with Gasteiger partial charge < -0.3 is 10.5 Å². The van der Waals surface area contributed by atoms with E-state index in [9.17, 15) is 0 Å². The molecular weight excluding hydrogens is 190 g/mol. The van der Waals surface area contributed by atoms with Crippen molar-refractivity contribution in [3.05, 3.63) is 17.0 Å².